The van der Waals surface area contributed by atoms with Gasteiger partial charge in [0.2, 0.25) is 0 Å². The van der Waals surface area contributed by atoms with Gasteiger partial charge in [-0.15, -0.1) is 13.2 Å². The number of carbonyl (C=O) groups excluding carboxylic acids is 1. The van der Waals surface area contributed by atoms with Crippen molar-refractivity contribution in [2.75, 3.05) is 7.11 Å². The topological polar surface area (TPSA) is 59.3 Å². The molecule has 0 unspecified atom stereocenters. The number of nitrogens with zero attached hydrogens (tertiary/aromatic N) is 1. The van der Waals surface area contributed by atoms with Crippen molar-refractivity contribution in [2.24, 2.45) is 0 Å². The van der Waals surface area contributed by atoms with E-state index in [1.165, 1.54) is 6.07 Å². The molecule has 20 heavy (non-hydrogen) atoms. The molecule has 9 heteroatoms. The van der Waals surface area contributed by atoms with Gasteiger partial charge in [0.05, 0.1) is 18.2 Å². The van der Waals surface area contributed by atoms with Crippen LogP contribution in [0.1, 0.15) is 27.9 Å². The maximum Gasteiger partial charge on any atom is 0.573 e. The normalized spacial score (nSPS) is 11.1. The molecule has 1 aromatic carbocycles. The molecule has 0 saturated heterocycles. The molecule has 0 spiro atoms. The van der Waals surface area contributed by atoms with Gasteiger partial charge in [-0.3, -0.25) is 0 Å². The van der Waals surface area contributed by atoms with Crippen molar-refractivity contribution in [3.63, 3.8) is 0 Å². The Morgan fingerprint density at radius 3 is 2.35 bits per heavy atom. The highest BCUT2D eigenvalue weighted by Crippen LogP contribution is 2.37. The molecule has 0 amide bonds. The average molecular weight is 295 g/mol. The van der Waals surface area contributed by atoms with Crippen LogP contribution in [0.4, 0.5) is 22.0 Å². The lowest BCUT2D eigenvalue weighted by Crippen LogP contribution is -2.20. The lowest BCUT2D eigenvalue weighted by molar-refractivity contribution is -0.275. The first-order chi connectivity index (χ1) is 9.21. The SMILES string of the molecule is COC(=O)c1ccc(C(F)F)c(OC(F)(F)F)c1C#N. The predicted molar refractivity (Wildman–Crippen MR) is 54.1 cm³/mol. The van der Waals surface area contributed by atoms with Gasteiger partial charge in [-0.1, -0.05) is 0 Å². The quantitative estimate of drug-likeness (QED) is 0.634. The van der Waals surface area contributed by atoms with Crippen LogP contribution in [0.3, 0.4) is 0 Å². The third kappa shape index (κ3) is 3.34. The Morgan fingerprint density at radius 2 is 1.95 bits per heavy atom. The van der Waals surface area contributed by atoms with E-state index in [1.54, 1.807) is 0 Å². The second kappa shape index (κ2) is 5.73. The van der Waals surface area contributed by atoms with E-state index < -0.39 is 41.2 Å². The molecule has 0 N–H and O–H groups in total. The fourth-order valence-electron chi connectivity index (χ4n) is 1.39. The first-order valence-corrected chi connectivity index (χ1v) is 4.90. The summed E-state index contributed by atoms with van der Waals surface area (Å²) < 4.78 is 69.7. The molecular weight excluding hydrogens is 289 g/mol. The number of ether oxygens (including phenoxy) is 2. The third-order valence-electron chi connectivity index (χ3n) is 2.16. The van der Waals surface area contributed by atoms with Crippen molar-refractivity contribution in [1.29, 1.82) is 5.26 Å². The molecule has 0 aliphatic carbocycles. The second-order valence-corrected chi connectivity index (χ2v) is 3.36. The van der Waals surface area contributed by atoms with E-state index >= 15 is 0 Å². The summed E-state index contributed by atoms with van der Waals surface area (Å²) in [6, 6.07) is 2.58. The minimum absolute atomic E-state index is 0.568. The maximum atomic E-state index is 12.7. The number of esters is 1. The van der Waals surface area contributed by atoms with E-state index in [-0.39, 0.29) is 0 Å². The first-order valence-electron chi connectivity index (χ1n) is 4.90. The van der Waals surface area contributed by atoms with E-state index in [2.05, 4.69) is 9.47 Å². The van der Waals surface area contributed by atoms with Crippen molar-refractivity contribution < 1.29 is 36.2 Å². The number of benzene rings is 1. The zero-order chi connectivity index (χ0) is 15.5. The summed E-state index contributed by atoms with van der Waals surface area (Å²) in [7, 11) is 0.925. The van der Waals surface area contributed by atoms with Crippen LogP contribution in [0.5, 0.6) is 5.75 Å². The highest BCUT2D eigenvalue weighted by atomic mass is 19.4. The molecule has 0 fully saturated rings. The fraction of sp³-hybridized carbons (Fsp3) is 0.273. The molecule has 0 radical (unpaired) electrons. The molecule has 0 aliphatic rings. The largest absolute Gasteiger partial charge is 0.573 e. The van der Waals surface area contributed by atoms with E-state index in [1.807, 2.05) is 0 Å². The fourth-order valence-corrected chi connectivity index (χ4v) is 1.39. The second-order valence-electron chi connectivity index (χ2n) is 3.36. The van der Waals surface area contributed by atoms with Crippen LogP contribution in [0, 0.1) is 11.3 Å². The summed E-state index contributed by atoms with van der Waals surface area (Å²) >= 11 is 0. The minimum atomic E-state index is -5.29. The van der Waals surface area contributed by atoms with Crippen molar-refractivity contribution in [2.45, 2.75) is 12.8 Å². The average Bonchev–Trinajstić information content (AvgIpc) is 2.34. The number of alkyl halides is 5. The van der Waals surface area contributed by atoms with Crippen LogP contribution in [0.2, 0.25) is 0 Å². The summed E-state index contributed by atoms with van der Waals surface area (Å²) in [6.07, 6.45) is -8.60. The van der Waals surface area contributed by atoms with Crippen LogP contribution in [0.25, 0.3) is 0 Å². The molecule has 4 nitrogen and oxygen atoms in total. The van der Waals surface area contributed by atoms with Crippen molar-refractivity contribution in [3.8, 4) is 11.8 Å². The van der Waals surface area contributed by atoms with Crippen LogP contribution in [-0.4, -0.2) is 19.4 Å². The summed E-state index contributed by atoms with van der Waals surface area (Å²) in [6.45, 7) is 0. The van der Waals surface area contributed by atoms with Gasteiger partial charge in [0, 0.05) is 0 Å². The third-order valence-corrected chi connectivity index (χ3v) is 2.16. The number of nitriles is 1. The van der Waals surface area contributed by atoms with Gasteiger partial charge in [0.1, 0.15) is 11.6 Å². The van der Waals surface area contributed by atoms with E-state index in [0.717, 1.165) is 13.2 Å². The van der Waals surface area contributed by atoms with E-state index in [0.29, 0.717) is 6.07 Å². The Morgan fingerprint density at radius 1 is 1.35 bits per heavy atom. The molecule has 0 saturated carbocycles. The Kier molecular flexibility index (Phi) is 4.49. The lowest BCUT2D eigenvalue weighted by Gasteiger charge is -2.15. The molecule has 0 aliphatic heterocycles. The minimum Gasteiger partial charge on any atom is -0.465 e. The number of hydrogen-bond donors (Lipinski definition) is 0. The highest BCUT2D eigenvalue weighted by Gasteiger charge is 2.36. The Bertz CT molecular complexity index is 562. The van der Waals surface area contributed by atoms with Crippen LogP contribution in [0.15, 0.2) is 12.1 Å². The molecule has 0 heterocycles. The standard InChI is InChI=1S/C11H6F5NO3/c1-19-10(18)5-2-3-6(9(12)13)8(7(5)4-17)20-11(14,15)16/h2-3,9H,1H3. The number of rotatable bonds is 3. The lowest BCUT2D eigenvalue weighted by atomic mass is 10.0. The number of halogens is 5. The van der Waals surface area contributed by atoms with Gasteiger partial charge in [0.15, 0.2) is 5.75 Å². The Hall–Kier alpha value is -2.37. The molecule has 1 rings (SSSR count). The molecule has 0 atom stereocenters. The number of carbonyl (C=O) groups is 1. The zero-order valence-electron chi connectivity index (χ0n) is 9.79. The molecule has 1 aromatic rings. The predicted octanol–water partition coefficient (Wildman–Crippen LogP) is 3.18. The number of methoxy groups -OCH3 is 1. The maximum absolute atomic E-state index is 12.7. The van der Waals surface area contributed by atoms with Crippen molar-refractivity contribution in [1.82, 2.24) is 0 Å². The smallest absolute Gasteiger partial charge is 0.465 e. The molecule has 0 bridgehead atoms. The van der Waals surface area contributed by atoms with Crippen LogP contribution < -0.4 is 4.74 Å². The van der Waals surface area contributed by atoms with E-state index in [4.69, 9.17) is 5.26 Å². The number of hydrogen-bond acceptors (Lipinski definition) is 4. The first kappa shape index (κ1) is 15.7. The summed E-state index contributed by atoms with van der Waals surface area (Å²) in [5, 5.41) is 8.80. The molecular formula is C11H6F5NO3. The Labute approximate surface area is 109 Å². The van der Waals surface area contributed by atoms with Crippen molar-refractivity contribution >= 4 is 5.97 Å². The van der Waals surface area contributed by atoms with Gasteiger partial charge in [-0.25, -0.2) is 13.6 Å². The van der Waals surface area contributed by atoms with Gasteiger partial charge >= 0.3 is 12.3 Å². The molecule has 0 aromatic heterocycles. The monoisotopic (exact) mass is 295 g/mol. The van der Waals surface area contributed by atoms with Gasteiger partial charge in [-0.05, 0) is 12.1 Å². The van der Waals surface area contributed by atoms with Crippen LogP contribution >= 0.6 is 0 Å². The van der Waals surface area contributed by atoms with Crippen LogP contribution in [-0.2, 0) is 4.74 Å². The van der Waals surface area contributed by atoms with E-state index in [9.17, 15) is 26.7 Å². The summed E-state index contributed by atoms with van der Waals surface area (Å²) in [5.41, 5.74) is -2.71. The Balaban J connectivity index is 3.55. The van der Waals surface area contributed by atoms with Gasteiger partial charge in [-0.2, -0.15) is 5.26 Å². The highest BCUT2D eigenvalue weighted by molar-refractivity contribution is 5.93. The molecule has 108 valence electrons. The summed E-state index contributed by atoms with van der Waals surface area (Å²) in [5.74, 6) is -2.55. The summed E-state index contributed by atoms with van der Waals surface area (Å²) in [4.78, 5) is 11.3. The zero-order valence-corrected chi connectivity index (χ0v) is 9.79. The van der Waals surface area contributed by atoms with Gasteiger partial charge < -0.3 is 9.47 Å². The van der Waals surface area contributed by atoms with Crippen molar-refractivity contribution in [3.05, 3.63) is 28.8 Å². The van der Waals surface area contributed by atoms with Gasteiger partial charge in [0.25, 0.3) is 6.43 Å².